The fourth-order valence-electron chi connectivity index (χ4n) is 3.44. The van der Waals surface area contributed by atoms with Gasteiger partial charge in [-0.15, -0.1) is 0 Å². The zero-order valence-corrected chi connectivity index (χ0v) is 15.2. The lowest BCUT2D eigenvalue weighted by atomic mass is 9.99. The molecule has 2 aromatic carbocycles. The Morgan fingerprint density at radius 3 is 2.65 bits per heavy atom. The first-order valence-electron chi connectivity index (χ1n) is 8.99. The van der Waals surface area contributed by atoms with Crippen molar-refractivity contribution in [3.63, 3.8) is 0 Å². The molecule has 1 aliphatic heterocycles. The van der Waals surface area contributed by atoms with Crippen LogP contribution in [0.25, 0.3) is 0 Å². The number of nitrogens with zero attached hydrogens (tertiary/aromatic N) is 3. The van der Waals surface area contributed by atoms with E-state index in [1.54, 1.807) is 7.11 Å². The third kappa shape index (κ3) is 3.48. The summed E-state index contributed by atoms with van der Waals surface area (Å²) in [6, 6.07) is 16.7. The number of benzene rings is 2. The second kappa shape index (κ2) is 7.30. The lowest BCUT2D eigenvalue weighted by molar-refractivity contribution is 0.158. The van der Waals surface area contributed by atoms with Crippen molar-refractivity contribution >= 4 is 0 Å². The molecule has 0 spiro atoms. The largest absolute Gasteiger partial charge is 0.497 e. The molecule has 0 amide bonds. The highest BCUT2D eigenvalue weighted by Crippen LogP contribution is 2.27. The van der Waals surface area contributed by atoms with E-state index < -0.39 is 0 Å². The summed E-state index contributed by atoms with van der Waals surface area (Å²) < 4.78 is 10.7. The second-order valence-corrected chi connectivity index (χ2v) is 6.74. The molecule has 134 valence electrons. The van der Waals surface area contributed by atoms with E-state index in [-0.39, 0.29) is 6.04 Å². The minimum Gasteiger partial charge on any atom is -0.497 e. The molecule has 0 bridgehead atoms. The van der Waals surface area contributed by atoms with Gasteiger partial charge in [-0.3, -0.25) is 4.90 Å². The Morgan fingerprint density at radius 1 is 1.12 bits per heavy atom. The minimum absolute atomic E-state index is 0.112. The molecule has 1 unspecified atom stereocenters. The molecule has 0 fully saturated rings. The van der Waals surface area contributed by atoms with Gasteiger partial charge in [-0.2, -0.15) is 4.98 Å². The number of fused-ring (bicyclic) bond motifs is 1. The second-order valence-electron chi connectivity index (χ2n) is 6.74. The number of rotatable bonds is 5. The summed E-state index contributed by atoms with van der Waals surface area (Å²) in [5.74, 6) is 2.25. The van der Waals surface area contributed by atoms with E-state index in [0.717, 1.165) is 36.6 Å². The zero-order valence-electron chi connectivity index (χ0n) is 15.2. The topological polar surface area (TPSA) is 51.4 Å². The van der Waals surface area contributed by atoms with E-state index in [4.69, 9.17) is 9.26 Å². The molecular weight excluding hydrogens is 326 g/mol. The first-order valence-corrected chi connectivity index (χ1v) is 8.99. The summed E-state index contributed by atoms with van der Waals surface area (Å²) in [5.41, 5.74) is 3.97. The van der Waals surface area contributed by atoms with Gasteiger partial charge in [-0.25, -0.2) is 0 Å². The highest BCUT2D eigenvalue weighted by Gasteiger charge is 2.25. The van der Waals surface area contributed by atoms with Crippen molar-refractivity contribution in [2.75, 3.05) is 13.7 Å². The van der Waals surface area contributed by atoms with Crippen LogP contribution in [-0.2, 0) is 19.4 Å². The maximum Gasteiger partial charge on any atom is 0.243 e. The SMILES string of the molecule is COc1ccc(Cc2noc(C(C)N3CCc4ccccc4C3)n2)cc1. The van der Waals surface area contributed by atoms with Gasteiger partial charge in [0.1, 0.15) is 5.75 Å². The fraction of sp³-hybridized carbons (Fsp3) is 0.333. The zero-order chi connectivity index (χ0) is 17.9. The van der Waals surface area contributed by atoms with Crippen LogP contribution in [-0.4, -0.2) is 28.7 Å². The average molecular weight is 349 g/mol. The van der Waals surface area contributed by atoms with E-state index in [9.17, 15) is 0 Å². The van der Waals surface area contributed by atoms with Gasteiger partial charge in [0.15, 0.2) is 5.82 Å². The van der Waals surface area contributed by atoms with Gasteiger partial charge >= 0.3 is 0 Å². The third-order valence-corrected chi connectivity index (χ3v) is 5.07. The lowest BCUT2D eigenvalue weighted by Gasteiger charge is -2.31. The van der Waals surface area contributed by atoms with Crippen molar-refractivity contribution in [3.8, 4) is 5.75 Å². The third-order valence-electron chi connectivity index (χ3n) is 5.07. The number of aromatic nitrogens is 2. The predicted molar refractivity (Wildman–Crippen MR) is 99.1 cm³/mol. The van der Waals surface area contributed by atoms with Crippen LogP contribution < -0.4 is 4.74 Å². The Labute approximate surface area is 153 Å². The Balaban J connectivity index is 1.44. The molecule has 0 aliphatic carbocycles. The summed E-state index contributed by atoms with van der Waals surface area (Å²) >= 11 is 0. The first kappa shape index (κ1) is 16.8. The maximum atomic E-state index is 5.56. The summed E-state index contributed by atoms with van der Waals surface area (Å²) in [5, 5.41) is 4.17. The van der Waals surface area contributed by atoms with Gasteiger partial charge in [-0.1, -0.05) is 41.6 Å². The van der Waals surface area contributed by atoms with Crippen molar-refractivity contribution in [2.24, 2.45) is 0 Å². The van der Waals surface area contributed by atoms with E-state index in [2.05, 4.69) is 46.2 Å². The molecule has 2 heterocycles. The van der Waals surface area contributed by atoms with Crippen molar-refractivity contribution in [1.29, 1.82) is 0 Å². The highest BCUT2D eigenvalue weighted by molar-refractivity contribution is 5.30. The standard InChI is InChI=1S/C21H23N3O2/c1-15(24-12-11-17-5-3-4-6-18(17)14-24)21-22-20(23-26-21)13-16-7-9-19(25-2)10-8-16/h3-10,15H,11-14H2,1-2H3. The molecule has 0 N–H and O–H groups in total. The lowest BCUT2D eigenvalue weighted by Crippen LogP contribution is -2.33. The van der Waals surface area contributed by atoms with Crippen molar-refractivity contribution < 1.29 is 9.26 Å². The van der Waals surface area contributed by atoms with E-state index >= 15 is 0 Å². The molecule has 26 heavy (non-hydrogen) atoms. The smallest absolute Gasteiger partial charge is 0.243 e. The van der Waals surface area contributed by atoms with Gasteiger partial charge in [0.25, 0.3) is 0 Å². The molecule has 5 nitrogen and oxygen atoms in total. The van der Waals surface area contributed by atoms with Crippen molar-refractivity contribution in [1.82, 2.24) is 15.0 Å². The number of methoxy groups -OCH3 is 1. The van der Waals surface area contributed by atoms with Gasteiger partial charge < -0.3 is 9.26 Å². The van der Waals surface area contributed by atoms with Crippen LogP contribution in [0.4, 0.5) is 0 Å². The Hall–Kier alpha value is -2.66. The normalized spacial score (nSPS) is 15.5. The molecule has 5 heteroatoms. The van der Waals surface area contributed by atoms with Crippen LogP contribution in [0, 0.1) is 0 Å². The maximum absolute atomic E-state index is 5.56. The van der Waals surface area contributed by atoms with Crippen LogP contribution in [0.5, 0.6) is 5.75 Å². The monoisotopic (exact) mass is 349 g/mol. The highest BCUT2D eigenvalue weighted by atomic mass is 16.5. The molecule has 1 aliphatic rings. The van der Waals surface area contributed by atoms with Crippen LogP contribution >= 0.6 is 0 Å². The average Bonchev–Trinajstić information content (AvgIpc) is 3.16. The molecule has 0 radical (unpaired) electrons. The van der Waals surface area contributed by atoms with Crippen molar-refractivity contribution in [2.45, 2.75) is 32.4 Å². The molecule has 1 atom stereocenters. The Morgan fingerprint density at radius 2 is 1.88 bits per heavy atom. The van der Waals surface area contributed by atoms with Crippen LogP contribution in [0.3, 0.4) is 0 Å². The number of ether oxygens (including phenoxy) is 1. The molecule has 3 aromatic rings. The summed E-state index contributed by atoms with van der Waals surface area (Å²) in [7, 11) is 1.67. The van der Waals surface area contributed by atoms with Crippen LogP contribution in [0.1, 0.15) is 41.4 Å². The first-order chi connectivity index (χ1) is 12.7. The van der Waals surface area contributed by atoms with Gasteiger partial charge in [-0.05, 0) is 42.2 Å². The summed E-state index contributed by atoms with van der Waals surface area (Å²) in [6.07, 6.45) is 1.72. The quantitative estimate of drug-likeness (QED) is 0.701. The van der Waals surface area contributed by atoms with Gasteiger partial charge in [0, 0.05) is 19.5 Å². The number of hydrogen-bond donors (Lipinski definition) is 0. The molecular formula is C21H23N3O2. The molecule has 0 saturated carbocycles. The van der Waals surface area contributed by atoms with E-state index in [0.29, 0.717) is 12.3 Å². The van der Waals surface area contributed by atoms with Crippen LogP contribution in [0.15, 0.2) is 53.1 Å². The number of hydrogen-bond acceptors (Lipinski definition) is 5. The molecule has 0 saturated heterocycles. The van der Waals surface area contributed by atoms with E-state index in [1.165, 1.54) is 11.1 Å². The van der Waals surface area contributed by atoms with E-state index in [1.807, 2.05) is 24.3 Å². The van der Waals surface area contributed by atoms with Crippen molar-refractivity contribution in [3.05, 3.63) is 76.9 Å². The minimum atomic E-state index is 0.112. The van der Waals surface area contributed by atoms with Gasteiger partial charge in [0.2, 0.25) is 5.89 Å². The Bertz CT molecular complexity index is 873. The molecule has 1 aromatic heterocycles. The predicted octanol–water partition coefficient (Wildman–Crippen LogP) is 3.79. The summed E-state index contributed by atoms with van der Waals surface area (Å²) in [4.78, 5) is 7.02. The molecule has 4 rings (SSSR count). The Kier molecular flexibility index (Phi) is 4.71. The van der Waals surface area contributed by atoms with Crippen LogP contribution in [0.2, 0.25) is 0 Å². The van der Waals surface area contributed by atoms with Gasteiger partial charge in [0.05, 0.1) is 13.2 Å². The fourth-order valence-corrected chi connectivity index (χ4v) is 3.44. The summed E-state index contributed by atoms with van der Waals surface area (Å²) in [6.45, 7) is 4.07.